The minimum atomic E-state index is -0.484. The highest BCUT2D eigenvalue weighted by molar-refractivity contribution is 5.74. The Kier molecular flexibility index (Phi) is 6.44. The van der Waals surface area contributed by atoms with E-state index in [1.54, 1.807) is 19.1 Å². The molecular formula is C20H30N2O5. The number of carbonyl (C=O) groups is 1. The van der Waals surface area contributed by atoms with Gasteiger partial charge >= 0.3 is 6.03 Å². The van der Waals surface area contributed by atoms with Crippen molar-refractivity contribution in [1.29, 1.82) is 0 Å². The number of carbonyl (C=O) groups excluding carboxylic acids is 1. The molecule has 1 saturated heterocycles. The molecule has 2 N–H and O–H groups in total. The summed E-state index contributed by atoms with van der Waals surface area (Å²) >= 11 is 0. The number of rotatable bonds is 7. The molecule has 0 aromatic heterocycles. The van der Waals surface area contributed by atoms with E-state index in [1.165, 1.54) is 0 Å². The van der Waals surface area contributed by atoms with Gasteiger partial charge in [-0.25, -0.2) is 4.79 Å². The van der Waals surface area contributed by atoms with Crippen LogP contribution in [0.5, 0.6) is 11.5 Å². The number of amides is 2. The minimum absolute atomic E-state index is 0.0793. The second kappa shape index (κ2) is 8.80. The lowest BCUT2D eigenvalue weighted by molar-refractivity contribution is -0.0414. The van der Waals surface area contributed by atoms with Gasteiger partial charge in [0.1, 0.15) is 6.10 Å². The van der Waals surface area contributed by atoms with Gasteiger partial charge in [0, 0.05) is 13.1 Å². The first-order valence-electron chi connectivity index (χ1n) is 9.63. The van der Waals surface area contributed by atoms with Gasteiger partial charge in [-0.15, -0.1) is 0 Å². The lowest BCUT2D eigenvalue weighted by atomic mass is 9.77. The molecule has 1 aliphatic heterocycles. The molecule has 1 aromatic carbocycles. The summed E-state index contributed by atoms with van der Waals surface area (Å²) in [4.78, 5) is 14.2. The number of morpholine rings is 1. The smallest absolute Gasteiger partial charge is 0.317 e. The van der Waals surface area contributed by atoms with Crippen LogP contribution in [0.1, 0.15) is 43.8 Å². The zero-order valence-corrected chi connectivity index (χ0v) is 16.2. The van der Waals surface area contributed by atoms with Crippen molar-refractivity contribution in [3.05, 3.63) is 23.8 Å². The Morgan fingerprint density at radius 2 is 2.11 bits per heavy atom. The normalized spacial score (nSPS) is 21.3. The van der Waals surface area contributed by atoms with Crippen molar-refractivity contribution >= 4 is 6.03 Å². The number of nitrogens with one attached hydrogen (secondary N) is 1. The van der Waals surface area contributed by atoms with E-state index in [2.05, 4.69) is 5.32 Å². The zero-order chi connectivity index (χ0) is 19.3. The molecule has 1 atom stereocenters. The summed E-state index contributed by atoms with van der Waals surface area (Å²) in [5.74, 6) is 1.31. The van der Waals surface area contributed by atoms with Gasteiger partial charge in [-0.3, -0.25) is 0 Å². The first-order valence-corrected chi connectivity index (χ1v) is 9.63. The van der Waals surface area contributed by atoms with Crippen LogP contribution >= 0.6 is 0 Å². The number of methoxy groups -OCH3 is 2. The van der Waals surface area contributed by atoms with E-state index < -0.39 is 5.60 Å². The summed E-state index contributed by atoms with van der Waals surface area (Å²) in [6.45, 7) is 2.14. The van der Waals surface area contributed by atoms with E-state index >= 15 is 0 Å². The predicted octanol–water partition coefficient (Wildman–Crippen LogP) is 2.48. The van der Waals surface area contributed by atoms with Gasteiger partial charge in [0.25, 0.3) is 0 Å². The van der Waals surface area contributed by atoms with Crippen molar-refractivity contribution in [3.8, 4) is 11.5 Å². The molecule has 2 fully saturated rings. The van der Waals surface area contributed by atoms with Gasteiger partial charge in [-0.05, 0) is 49.8 Å². The molecular weight excluding hydrogens is 348 g/mol. The number of hydrogen-bond donors (Lipinski definition) is 2. The van der Waals surface area contributed by atoms with Gasteiger partial charge < -0.3 is 29.5 Å². The maximum absolute atomic E-state index is 12.5. The fourth-order valence-electron chi connectivity index (χ4n) is 3.65. The second-order valence-corrected chi connectivity index (χ2v) is 7.33. The maximum atomic E-state index is 12.5. The largest absolute Gasteiger partial charge is 0.493 e. The Bertz CT molecular complexity index is 647. The molecule has 0 spiro atoms. The minimum Gasteiger partial charge on any atom is -0.493 e. The molecule has 1 heterocycles. The van der Waals surface area contributed by atoms with E-state index in [-0.39, 0.29) is 12.1 Å². The molecule has 7 nitrogen and oxygen atoms in total. The maximum Gasteiger partial charge on any atom is 0.317 e. The SMILES string of the molecule is COc1ccc(C2CN(C(=O)NCCCC3(O)CCC3)CCO2)cc1OC. The monoisotopic (exact) mass is 378 g/mol. The lowest BCUT2D eigenvalue weighted by Gasteiger charge is -2.37. The molecule has 0 bridgehead atoms. The van der Waals surface area contributed by atoms with Crippen molar-refractivity contribution in [1.82, 2.24) is 10.2 Å². The van der Waals surface area contributed by atoms with Crippen molar-refractivity contribution in [2.45, 2.75) is 43.8 Å². The Labute approximate surface area is 160 Å². The van der Waals surface area contributed by atoms with Crippen LogP contribution in [0, 0.1) is 0 Å². The molecule has 3 rings (SSSR count). The third-order valence-electron chi connectivity index (χ3n) is 5.51. The molecule has 1 aliphatic carbocycles. The summed E-state index contributed by atoms with van der Waals surface area (Å²) < 4.78 is 16.5. The number of benzene rings is 1. The molecule has 1 saturated carbocycles. The quantitative estimate of drug-likeness (QED) is 0.713. The lowest BCUT2D eigenvalue weighted by Crippen LogP contribution is -2.47. The van der Waals surface area contributed by atoms with Crippen LogP contribution in [0.3, 0.4) is 0 Å². The first-order chi connectivity index (χ1) is 13.0. The standard InChI is InChI=1S/C20H30N2O5/c1-25-16-6-5-15(13-17(16)26-2)18-14-22(11-12-27-18)19(23)21-10-4-9-20(24)7-3-8-20/h5-6,13,18,24H,3-4,7-12,14H2,1-2H3,(H,21,23). The molecule has 1 unspecified atom stereocenters. The summed E-state index contributed by atoms with van der Waals surface area (Å²) in [5.41, 5.74) is 0.472. The molecule has 150 valence electrons. The van der Waals surface area contributed by atoms with Crippen molar-refractivity contribution in [3.63, 3.8) is 0 Å². The Balaban J connectivity index is 1.50. The second-order valence-electron chi connectivity index (χ2n) is 7.33. The third-order valence-corrected chi connectivity index (χ3v) is 5.51. The average Bonchev–Trinajstić information content (AvgIpc) is 2.69. The molecule has 1 aromatic rings. The van der Waals surface area contributed by atoms with Gasteiger partial charge in [0.2, 0.25) is 0 Å². The fourth-order valence-corrected chi connectivity index (χ4v) is 3.65. The molecule has 2 aliphatic rings. The van der Waals surface area contributed by atoms with Crippen LogP contribution in [0.15, 0.2) is 18.2 Å². The predicted molar refractivity (Wildman–Crippen MR) is 101 cm³/mol. The Morgan fingerprint density at radius 1 is 1.33 bits per heavy atom. The van der Waals surface area contributed by atoms with Crippen molar-refractivity contribution in [2.24, 2.45) is 0 Å². The third kappa shape index (κ3) is 4.84. The van der Waals surface area contributed by atoms with Crippen molar-refractivity contribution in [2.75, 3.05) is 40.5 Å². The zero-order valence-electron chi connectivity index (χ0n) is 16.2. The highest BCUT2D eigenvalue weighted by Crippen LogP contribution is 2.35. The summed E-state index contributed by atoms with van der Waals surface area (Å²) in [7, 11) is 3.20. The van der Waals surface area contributed by atoms with Crippen LogP contribution < -0.4 is 14.8 Å². The number of ether oxygens (including phenoxy) is 3. The number of nitrogens with zero attached hydrogens (tertiary/aromatic N) is 1. The number of hydrogen-bond acceptors (Lipinski definition) is 5. The van der Waals surface area contributed by atoms with Crippen LogP contribution in [0.2, 0.25) is 0 Å². The molecule has 27 heavy (non-hydrogen) atoms. The first kappa shape index (κ1) is 19.8. The Morgan fingerprint density at radius 3 is 2.78 bits per heavy atom. The Hall–Kier alpha value is -1.99. The molecule has 2 amide bonds. The van der Waals surface area contributed by atoms with Gasteiger partial charge in [0.05, 0.1) is 33.0 Å². The summed E-state index contributed by atoms with van der Waals surface area (Å²) in [5, 5.41) is 13.1. The van der Waals surface area contributed by atoms with Gasteiger partial charge in [-0.1, -0.05) is 6.07 Å². The number of urea groups is 1. The van der Waals surface area contributed by atoms with Crippen molar-refractivity contribution < 1.29 is 24.1 Å². The molecule has 7 heteroatoms. The fraction of sp³-hybridized carbons (Fsp3) is 0.650. The topological polar surface area (TPSA) is 80.3 Å². The van der Waals surface area contributed by atoms with E-state index in [0.717, 1.165) is 37.7 Å². The van der Waals surface area contributed by atoms with E-state index in [0.29, 0.717) is 37.7 Å². The molecule has 0 radical (unpaired) electrons. The summed E-state index contributed by atoms with van der Waals surface area (Å²) in [6.07, 6.45) is 4.24. The highest BCUT2D eigenvalue weighted by atomic mass is 16.5. The van der Waals surface area contributed by atoms with Crippen LogP contribution in [0.25, 0.3) is 0 Å². The summed E-state index contributed by atoms with van der Waals surface area (Å²) in [6, 6.07) is 5.60. The van der Waals surface area contributed by atoms with E-state index in [9.17, 15) is 9.90 Å². The van der Waals surface area contributed by atoms with E-state index in [1.807, 2.05) is 18.2 Å². The van der Waals surface area contributed by atoms with Gasteiger partial charge in [0.15, 0.2) is 11.5 Å². The highest BCUT2D eigenvalue weighted by Gasteiger charge is 2.33. The average molecular weight is 378 g/mol. The van der Waals surface area contributed by atoms with E-state index in [4.69, 9.17) is 14.2 Å². The number of aliphatic hydroxyl groups is 1. The van der Waals surface area contributed by atoms with Gasteiger partial charge in [-0.2, -0.15) is 0 Å². The van der Waals surface area contributed by atoms with Crippen LogP contribution in [-0.2, 0) is 4.74 Å². The van der Waals surface area contributed by atoms with Crippen LogP contribution in [-0.4, -0.2) is 62.1 Å². The van der Waals surface area contributed by atoms with Crippen LogP contribution in [0.4, 0.5) is 4.79 Å².